The number of aromatic nitrogens is 3. The Bertz CT molecular complexity index is 807. The Kier molecular flexibility index (Phi) is 3.96. The summed E-state index contributed by atoms with van der Waals surface area (Å²) in [5.74, 6) is 0.563. The molecule has 24 heavy (non-hydrogen) atoms. The largest absolute Gasteiger partial charge is 0.364 e. The lowest BCUT2D eigenvalue weighted by atomic mass is 10.0. The van der Waals surface area contributed by atoms with Gasteiger partial charge in [-0.3, -0.25) is 10.1 Å². The molecule has 1 atom stereocenters. The molecular weight excluding hydrogens is 305 g/mol. The first kappa shape index (κ1) is 14.8. The van der Waals surface area contributed by atoms with Gasteiger partial charge >= 0.3 is 0 Å². The van der Waals surface area contributed by atoms with Crippen molar-refractivity contribution in [2.24, 2.45) is 0 Å². The van der Waals surface area contributed by atoms with Gasteiger partial charge in [-0.05, 0) is 54.9 Å². The van der Waals surface area contributed by atoms with Gasteiger partial charge in [0.05, 0.1) is 11.3 Å². The van der Waals surface area contributed by atoms with Gasteiger partial charge in [0.25, 0.3) is 0 Å². The van der Waals surface area contributed by atoms with Crippen molar-refractivity contribution in [1.29, 1.82) is 0 Å². The monoisotopic (exact) mass is 323 g/mol. The lowest BCUT2D eigenvalue weighted by Gasteiger charge is -2.13. The van der Waals surface area contributed by atoms with E-state index >= 15 is 0 Å². The number of H-pyrrole nitrogens is 1. The SMILES string of the molecule is Fc1ccc(-c2[nH]nc(NC3CCNC3)c2-c2ccncc2)cc1. The molecule has 1 fully saturated rings. The summed E-state index contributed by atoms with van der Waals surface area (Å²) in [7, 11) is 0. The Morgan fingerprint density at radius 2 is 1.83 bits per heavy atom. The van der Waals surface area contributed by atoms with Crippen LogP contribution in [0.25, 0.3) is 22.4 Å². The molecule has 0 saturated carbocycles. The van der Waals surface area contributed by atoms with Gasteiger partial charge in [0.1, 0.15) is 5.82 Å². The normalized spacial score (nSPS) is 17.1. The van der Waals surface area contributed by atoms with Gasteiger partial charge in [0.2, 0.25) is 0 Å². The van der Waals surface area contributed by atoms with Crippen LogP contribution in [0.2, 0.25) is 0 Å². The van der Waals surface area contributed by atoms with Gasteiger partial charge in [0.15, 0.2) is 5.82 Å². The number of hydrogen-bond acceptors (Lipinski definition) is 4. The minimum absolute atomic E-state index is 0.251. The molecule has 0 aliphatic carbocycles. The van der Waals surface area contributed by atoms with Crippen molar-refractivity contribution < 1.29 is 4.39 Å². The van der Waals surface area contributed by atoms with Crippen LogP contribution in [-0.2, 0) is 0 Å². The first-order chi connectivity index (χ1) is 11.8. The third kappa shape index (κ3) is 2.88. The molecule has 1 saturated heterocycles. The molecule has 5 nitrogen and oxygen atoms in total. The highest BCUT2D eigenvalue weighted by Crippen LogP contribution is 2.36. The summed E-state index contributed by atoms with van der Waals surface area (Å²) in [6.45, 7) is 1.94. The van der Waals surface area contributed by atoms with Crippen LogP contribution >= 0.6 is 0 Å². The van der Waals surface area contributed by atoms with E-state index in [1.165, 1.54) is 12.1 Å². The van der Waals surface area contributed by atoms with Crippen LogP contribution in [0, 0.1) is 5.82 Å². The maximum atomic E-state index is 13.2. The second kappa shape index (κ2) is 6.41. The summed E-state index contributed by atoms with van der Waals surface area (Å²) in [5, 5.41) is 14.4. The van der Waals surface area contributed by atoms with Gasteiger partial charge in [-0.2, -0.15) is 5.10 Å². The van der Waals surface area contributed by atoms with Gasteiger partial charge in [0, 0.05) is 30.5 Å². The lowest BCUT2D eigenvalue weighted by Crippen LogP contribution is -2.22. The second-order valence-corrected chi connectivity index (χ2v) is 5.90. The van der Waals surface area contributed by atoms with Crippen molar-refractivity contribution in [2.45, 2.75) is 12.5 Å². The van der Waals surface area contributed by atoms with Crippen LogP contribution in [-0.4, -0.2) is 34.3 Å². The first-order valence-electron chi connectivity index (χ1n) is 8.03. The zero-order valence-corrected chi connectivity index (χ0v) is 13.1. The highest BCUT2D eigenvalue weighted by Gasteiger charge is 2.21. The van der Waals surface area contributed by atoms with Crippen LogP contribution in [0.3, 0.4) is 0 Å². The fraction of sp³-hybridized carbons (Fsp3) is 0.222. The zero-order valence-electron chi connectivity index (χ0n) is 13.1. The number of benzene rings is 1. The molecule has 0 radical (unpaired) electrons. The molecule has 1 aliphatic heterocycles. The van der Waals surface area contributed by atoms with Crippen LogP contribution in [0.5, 0.6) is 0 Å². The number of rotatable bonds is 4. The fourth-order valence-corrected chi connectivity index (χ4v) is 3.04. The van der Waals surface area contributed by atoms with Crippen molar-refractivity contribution in [3.63, 3.8) is 0 Å². The van der Waals surface area contributed by atoms with Gasteiger partial charge in [-0.1, -0.05) is 0 Å². The van der Waals surface area contributed by atoms with Crippen molar-refractivity contribution >= 4 is 5.82 Å². The number of nitrogens with one attached hydrogen (secondary N) is 3. The Morgan fingerprint density at radius 3 is 2.54 bits per heavy atom. The van der Waals surface area contributed by atoms with Crippen molar-refractivity contribution in [2.75, 3.05) is 18.4 Å². The number of hydrogen-bond donors (Lipinski definition) is 3. The fourth-order valence-electron chi connectivity index (χ4n) is 3.04. The smallest absolute Gasteiger partial charge is 0.156 e. The van der Waals surface area contributed by atoms with Gasteiger partial charge in [-0.15, -0.1) is 0 Å². The number of nitrogens with zero attached hydrogens (tertiary/aromatic N) is 2. The Labute approximate surface area is 139 Å². The molecule has 3 N–H and O–H groups in total. The summed E-state index contributed by atoms with van der Waals surface area (Å²) in [6, 6.07) is 10.7. The molecule has 0 spiro atoms. The third-order valence-electron chi connectivity index (χ3n) is 4.27. The predicted octanol–water partition coefficient (Wildman–Crippen LogP) is 3.05. The molecular formula is C18H18FN5. The van der Waals surface area contributed by atoms with E-state index < -0.39 is 0 Å². The minimum atomic E-state index is -0.251. The second-order valence-electron chi connectivity index (χ2n) is 5.90. The van der Waals surface area contributed by atoms with Crippen molar-refractivity contribution in [1.82, 2.24) is 20.5 Å². The Balaban J connectivity index is 1.78. The quantitative estimate of drug-likeness (QED) is 0.690. The predicted molar refractivity (Wildman–Crippen MR) is 92.1 cm³/mol. The number of aromatic amines is 1. The molecule has 1 aromatic carbocycles. The van der Waals surface area contributed by atoms with E-state index in [1.54, 1.807) is 24.5 Å². The molecule has 1 unspecified atom stereocenters. The number of halogens is 1. The molecule has 3 aromatic rings. The molecule has 122 valence electrons. The van der Waals surface area contributed by atoms with Crippen molar-refractivity contribution in [3.05, 3.63) is 54.6 Å². The Morgan fingerprint density at radius 1 is 1.04 bits per heavy atom. The summed E-state index contributed by atoms with van der Waals surface area (Å²) in [6.07, 6.45) is 4.59. The molecule has 0 amide bonds. The van der Waals surface area contributed by atoms with E-state index in [0.29, 0.717) is 6.04 Å². The lowest BCUT2D eigenvalue weighted by molar-refractivity contribution is 0.628. The highest BCUT2D eigenvalue weighted by atomic mass is 19.1. The van der Waals surface area contributed by atoms with Crippen LogP contribution in [0.15, 0.2) is 48.8 Å². The first-order valence-corrected chi connectivity index (χ1v) is 8.03. The van der Waals surface area contributed by atoms with Gasteiger partial charge in [-0.25, -0.2) is 4.39 Å². The maximum absolute atomic E-state index is 13.2. The van der Waals surface area contributed by atoms with E-state index in [-0.39, 0.29) is 5.82 Å². The summed E-state index contributed by atoms with van der Waals surface area (Å²) in [5.41, 5.74) is 3.77. The third-order valence-corrected chi connectivity index (χ3v) is 4.27. The molecule has 0 bridgehead atoms. The van der Waals surface area contributed by atoms with E-state index in [9.17, 15) is 4.39 Å². The van der Waals surface area contributed by atoms with Gasteiger partial charge < -0.3 is 10.6 Å². The zero-order chi connectivity index (χ0) is 16.4. The maximum Gasteiger partial charge on any atom is 0.156 e. The summed E-state index contributed by atoms with van der Waals surface area (Å²) >= 11 is 0. The van der Waals surface area contributed by atoms with Crippen LogP contribution in [0.4, 0.5) is 10.2 Å². The standard InChI is InChI=1S/C18H18FN5/c19-14-3-1-13(2-4-14)17-16(12-5-8-20-9-6-12)18(24-23-17)22-15-7-10-21-11-15/h1-6,8-9,15,21H,7,10-11H2,(H2,22,23,24). The average molecular weight is 323 g/mol. The van der Waals surface area contributed by atoms with Crippen LogP contribution in [0.1, 0.15) is 6.42 Å². The summed E-state index contributed by atoms with van der Waals surface area (Å²) in [4.78, 5) is 4.09. The van der Waals surface area contributed by atoms with E-state index in [4.69, 9.17) is 0 Å². The topological polar surface area (TPSA) is 65.6 Å². The van der Waals surface area contributed by atoms with E-state index in [1.807, 2.05) is 12.1 Å². The number of pyridine rings is 1. The molecule has 1 aliphatic rings. The highest BCUT2D eigenvalue weighted by molar-refractivity contribution is 5.88. The average Bonchev–Trinajstić information content (AvgIpc) is 3.27. The number of anilines is 1. The van der Waals surface area contributed by atoms with E-state index in [2.05, 4.69) is 25.8 Å². The molecule has 2 aromatic heterocycles. The van der Waals surface area contributed by atoms with Crippen LogP contribution < -0.4 is 10.6 Å². The van der Waals surface area contributed by atoms with E-state index in [0.717, 1.165) is 47.7 Å². The molecule has 4 rings (SSSR count). The molecule has 6 heteroatoms. The van der Waals surface area contributed by atoms with Crippen molar-refractivity contribution in [3.8, 4) is 22.4 Å². The Hall–Kier alpha value is -2.73. The minimum Gasteiger partial charge on any atom is -0.364 e. The molecule has 3 heterocycles. The summed E-state index contributed by atoms with van der Waals surface area (Å²) < 4.78 is 13.2.